The number of piperazine rings is 1. The summed E-state index contributed by atoms with van der Waals surface area (Å²) in [6.45, 7) is 8.89. The van der Waals surface area contributed by atoms with Crippen LogP contribution in [-0.4, -0.2) is 75.0 Å². The number of nitrogens with one attached hydrogen (secondary N) is 2. The molecule has 1 aromatic carbocycles. The summed E-state index contributed by atoms with van der Waals surface area (Å²) < 4.78 is 48.4. The number of H-pyrrole nitrogens is 1. The number of hydrogen-bond donors (Lipinski definition) is 2. The van der Waals surface area contributed by atoms with Crippen LogP contribution in [0.2, 0.25) is 0 Å². The first kappa shape index (κ1) is 28.9. The average molecular weight is 594 g/mol. The van der Waals surface area contributed by atoms with E-state index in [1.54, 1.807) is 29.4 Å². The SMILES string of the molecule is CCN1CCN(Cc2ccc(NC(=O)N3CCc4nc(C)c(Oc5ccnc6[nH]ccc56)cc4C3)cc2C(F)(F)F)CC1. The number of carbonyl (C=O) groups excluding carboxylic acids is 1. The summed E-state index contributed by atoms with van der Waals surface area (Å²) >= 11 is 0. The lowest BCUT2D eigenvalue weighted by Crippen LogP contribution is -2.45. The summed E-state index contributed by atoms with van der Waals surface area (Å²) in [5.74, 6) is 1.20. The topological polar surface area (TPSA) is 89.6 Å². The van der Waals surface area contributed by atoms with E-state index in [-0.39, 0.29) is 24.3 Å². The van der Waals surface area contributed by atoms with E-state index in [1.807, 2.05) is 24.0 Å². The van der Waals surface area contributed by atoms with Crippen molar-refractivity contribution < 1.29 is 22.7 Å². The third-order valence-corrected chi connectivity index (χ3v) is 8.21. The van der Waals surface area contributed by atoms with Crippen LogP contribution in [-0.2, 0) is 25.7 Å². The van der Waals surface area contributed by atoms with Crippen LogP contribution in [0.5, 0.6) is 11.5 Å². The Hall–Kier alpha value is -4.16. The fraction of sp³-hybridized carbons (Fsp3) is 0.387. The predicted octanol–water partition coefficient (Wildman–Crippen LogP) is 5.81. The minimum Gasteiger partial charge on any atom is -0.455 e. The van der Waals surface area contributed by atoms with Crippen molar-refractivity contribution in [3.05, 3.63) is 76.9 Å². The van der Waals surface area contributed by atoms with Crippen LogP contribution in [0.4, 0.5) is 23.7 Å². The zero-order valence-electron chi connectivity index (χ0n) is 24.2. The number of anilines is 1. The molecule has 0 saturated carbocycles. The molecule has 0 atom stereocenters. The maximum atomic E-state index is 14.1. The highest BCUT2D eigenvalue weighted by atomic mass is 19.4. The van der Waals surface area contributed by atoms with Gasteiger partial charge in [-0.05, 0) is 54.9 Å². The lowest BCUT2D eigenvalue weighted by atomic mass is 10.0. The second-order valence-electron chi connectivity index (χ2n) is 11.0. The Kier molecular flexibility index (Phi) is 7.97. The van der Waals surface area contributed by atoms with Crippen molar-refractivity contribution in [3.63, 3.8) is 0 Å². The fourth-order valence-electron chi connectivity index (χ4n) is 5.74. The van der Waals surface area contributed by atoms with Crippen LogP contribution in [0.1, 0.15) is 35.0 Å². The largest absolute Gasteiger partial charge is 0.455 e. The van der Waals surface area contributed by atoms with Crippen molar-refractivity contribution >= 4 is 22.8 Å². The molecular formula is C31H34F3N7O2. The molecule has 0 radical (unpaired) electrons. The molecule has 2 aliphatic heterocycles. The molecule has 226 valence electrons. The Balaban J connectivity index is 1.15. The number of hydrogen-bond acceptors (Lipinski definition) is 6. The summed E-state index contributed by atoms with van der Waals surface area (Å²) in [6.07, 6.45) is -0.560. The maximum absolute atomic E-state index is 14.1. The van der Waals surface area contributed by atoms with E-state index in [1.165, 1.54) is 6.07 Å². The normalized spacial score (nSPS) is 16.3. The third-order valence-electron chi connectivity index (χ3n) is 8.21. The minimum absolute atomic E-state index is 0.113. The molecule has 0 bridgehead atoms. The highest BCUT2D eigenvalue weighted by molar-refractivity contribution is 5.89. The summed E-state index contributed by atoms with van der Waals surface area (Å²) in [5.41, 5.74) is 2.74. The second kappa shape index (κ2) is 11.8. The highest BCUT2D eigenvalue weighted by Crippen LogP contribution is 2.35. The number of pyridine rings is 2. The standard InChI is InChI=1S/C31H34F3N7O2/c1-3-39-12-14-40(15-13-39)18-21-4-5-23(17-25(21)31(32,33)34)38-30(42)41-11-8-26-22(19-41)16-28(20(2)37-26)43-27-7-10-36-29-24(27)6-9-35-29/h4-7,9-10,16-17H,3,8,11-15,18-19H2,1-2H3,(H,35,36)(H,38,42). The van der Waals surface area contributed by atoms with Gasteiger partial charge in [0.2, 0.25) is 0 Å². The minimum atomic E-state index is -4.54. The summed E-state index contributed by atoms with van der Waals surface area (Å²) in [6, 6.07) is 9.15. The number of amides is 2. The number of nitrogens with zero attached hydrogens (tertiary/aromatic N) is 5. The molecule has 2 aliphatic rings. The van der Waals surface area contributed by atoms with E-state index in [2.05, 4.69) is 27.1 Å². The van der Waals surface area contributed by atoms with Gasteiger partial charge in [0.05, 0.1) is 16.6 Å². The molecule has 0 aliphatic carbocycles. The van der Waals surface area contributed by atoms with E-state index in [0.717, 1.165) is 61.1 Å². The van der Waals surface area contributed by atoms with Crippen molar-refractivity contribution in [1.82, 2.24) is 29.7 Å². The molecular weight excluding hydrogens is 559 g/mol. The summed E-state index contributed by atoms with van der Waals surface area (Å²) in [4.78, 5) is 31.2. The number of benzene rings is 1. The van der Waals surface area contributed by atoms with Crippen molar-refractivity contribution in [2.45, 2.75) is 39.5 Å². The Morgan fingerprint density at radius 2 is 1.84 bits per heavy atom. The first-order chi connectivity index (χ1) is 20.7. The van der Waals surface area contributed by atoms with Gasteiger partial charge in [-0.25, -0.2) is 9.78 Å². The van der Waals surface area contributed by atoms with Gasteiger partial charge in [0.15, 0.2) is 0 Å². The fourth-order valence-corrected chi connectivity index (χ4v) is 5.74. The zero-order valence-corrected chi connectivity index (χ0v) is 24.2. The number of aromatic nitrogens is 3. The van der Waals surface area contributed by atoms with Crippen molar-refractivity contribution in [2.75, 3.05) is 44.6 Å². The molecule has 5 heterocycles. The van der Waals surface area contributed by atoms with E-state index >= 15 is 0 Å². The Labute approximate surface area is 247 Å². The second-order valence-corrected chi connectivity index (χ2v) is 11.0. The van der Waals surface area contributed by atoms with Gasteiger partial charge in [-0.15, -0.1) is 0 Å². The van der Waals surface area contributed by atoms with Crippen LogP contribution in [0, 0.1) is 6.92 Å². The molecule has 1 fully saturated rings. The number of rotatable bonds is 6. The summed E-state index contributed by atoms with van der Waals surface area (Å²) in [5, 5.41) is 3.52. The van der Waals surface area contributed by atoms with Crippen LogP contribution >= 0.6 is 0 Å². The van der Waals surface area contributed by atoms with Crippen molar-refractivity contribution in [3.8, 4) is 11.5 Å². The zero-order chi connectivity index (χ0) is 30.1. The van der Waals surface area contributed by atoms with Gasteiger partial charge >= 0.3 is 12.2 Å². The van der Waals surface area contributed by atoms with Gasteiger partial charge in [0.1, 0.15) is 17.1 Å². The number of likely N-dealkylation sites (N-methyl/N-ethyl adjacent to an activating group) is 1. The number of fused-ring (bicyclic) bond motifs is 2. The molecule has 6 rings (SSSR count). The number of aryl methyl sites for hydroxylation is 1. The molecule has 0 spiro atoms. The molecule has 12 heteroatoms. The number of halogens is 3. The van der Waals surface area contributed by atoms with Crippen LogP contribution < -0.4 is 10.1 Å². The Morgan fingerprint density at radius 1 is 1.05 bits per heavy atom. The predicted molar refractivity (Wildman–Crippen MR) is 157 cm³/mol. The monoisotopic (exact) mass is 593 g/mol. The molecule has 9 nitrogen and oxygen atoms in total. The quantitative estimate of drug-likeness (QED) is 0.294. The Morgan fingerprint density at radius 3 is 2.60 bits per heavy atom. The number of carbonyl (C=O) groups is 1. The van der Waals surface area contributed by atoms with Gasteiger partial charge in [-0.3, -0.25) is 9.88 Å². The lowest BCUT2D eigenvalue weighted by Gasteiger charge is -2.34. The number of aromatic amines is 1. The van der Waals surface area contributed by atoms with Gasteiger partial charge in [-0.1, -0.05) is 13.0 Å². The molecule has 0 unspecified atom stereocenters. The maximum Gasteiger partial charge on any atom is 0.416 e. The van der Waals surface area contributed by atoms with E-state index < -0.39 is 17.8 Å². The molecule has 43 heavy (non-hydrogen) atoms. The van der Waals surface area contributed by atoms with Crippen molar-refractivity contribution in [2.24, 2.45) is 0 Å². The third kappa shape index (κ3) is 6.30. The molecule has 4 aromatic rings. The van der Waals surface area contributed by atoms with Crippen molar-refractivity contribution in [1.29, 1.82) is 0 Å². The van der Waals surface area contributed by atoms with Crippen LogP contribution in [0.15, 0.2) is 48.8 Å². The first-order valence-corrected chi connectivity index (χ1v) is 14.5. The number of ether oxygens (including phenoxy) is 1. The van der Waals surface area contributed by atoms with Crippen LogP contribution in [0.3, 0.4) is 0 Å². The number of alkyl halides is 3. The molecule has 2 amide bonds. The number of urea groups is 1. The van der Waals surface area contributed by atoms with E-state index in [9.17, 15) is 18.0 Å². The van der Waals surface area contributed by atoms with E-state index in [4.69, 9.17) is 9.72 Å². The molecule has 1 saturated heterocycles. The van der Waals surface area contributed by atoms with Gasteiger partial charge in [0, 0.05) is 76.0 Å². The molecule has 3 aromatic heterocycles. The highest BCUT2D eigenvalue weighted by Gasteiger charge is 2.34. The van der Waals surface area contributed by atoms with E-state index in [0.29, 0.717) is 30.1 Å². The first-order valence-electron chi connectivity index (χ1n) is 14.5. The van der Waals surface area contributed by atoms with Crippen LogP contribution in [0.25, 0.3) is 11.0 Å². The van der Waals surface area contributed by atoms with Gasteiger partial charge in [-0.2, -0.15) is 13.2 Å². The molecule has 2 N–H and O–H groups in total. The Bertz CT molecular complexity index is 1630. The van der Waals surface area contributed by atoms with Gasteiger partial charge in [0.25, 0.3) is 0 Å². The average Bonchev–Trinajstić information content (AvgIpc) is 3.48. The smallest absolute Gasteiger partial charge is 0.416 e. The lowest BCUT2D eigenvalue weighted by molar-refractivity contribution is -0.138. The van der Waals surface area contributed by atoms with Gasteiger partial charge < -0.3 is 24.8 Å². The summed E-state index contributed by atoms with van der Waals surface area (Å²) in [7, 11) is 0.